The monoisotopic (exact) mass is 284 g/mol. The van der Waals surface area contributed by atoms with E-state index in [9.17, 15) is 0 Å². The Morgan fingerprint density at radius 3 is 2.85 bits per heavy atom. The largest absolute Gasteiger partial charge is 0.357 e. The van der Waals surface area contributed by atoms with Gasteiger partial charge in [-0.15, -0.1) is 11.3 Å². The number of pyridine rings is 1. The van der Waals surface area contributed by atoms with Crippen LogP contribution in [0.2, 0.25) is 0 Å². The van der Waals surface area contributed by atoms with Crippen LogP contribution in [0.3, 0.4) is 0 Å². The number of hydrogen-bond acceptors (Lipinski definition) is 5. The number of anilines is 1. The lowest BCUT2D eigenvalue weighted by Crippen LogP contribution is -2.31. The van der Waals surface area contributed by atoms with E-state index in [2.05, 4.69) is 51.3 Å². The summed E-state index contributed by atoms with van der Waals surface area (Å²) in [5, 5.41) is 2.12. The van der Waals surface area contributed by atoms with Gasteiger partial charge in [-0.3, -0.25) is 4.98 Å². The third-order valence-electron chi connectivity index (χ3n) is 3.42. The molecular formula is C15H16N4S. The number of rotatable bonds is 4. The molecule has 0 amide bonds. The standard InChI is InChI=1S/C15H16N4S/c1-11(10-12-4-3-9-20-12)19(2)14-6-5-13-15(18-14)17-8-7-16-13/h3-9,11H,10H2,1-2H3. The van der Waals surface area contributed by atoms with Gasteiger partial charge in [-0.05, 0) is 30.5 Å². The number of nitrogens with zero attached hydrogens (tertiary/aromatic N) is 4. The van der Waals surface area contributed by atoms with E-state index in [4.69, 9.17) is 0 Å². The van der Waals surface area contributed by atoms with Crippen LogP contribution in [-0.4, -0.2) is 28.0 Å². The molecule has 3 aromatic heterocycles. The van der Waals surface area contributed by atoms with E-state index in [1.807, 2.05) is 12.1 Å². The highest BCUT2D eigenvalue weighted by Gasteiger charge is 2.13. The summed E-state index contributed by atoms with van der Waals surface area (Å²) in [6, 6.07) is 8.63. The van der Waals surface area contributed by atoms with Gasteiger partial charge >= 0.3 is 0 Å². The van der Waals surface area contributed by atoms with Crippen LogP contribution >= 0.6 is 11.3 Å². The minimum atomic E-state index is 0.385. The van der Waals surface area contributed by atoms with Crippen molar-refractivity contribution in [3.63, 3.8) is 0 Å². The summed E-state index contributed by atoms with van der Waals surface area (Å²) in [5.41, 5.74) is 1.52. The summed E-state index contributed by atoms with van der Waals surface area (Å²) in [6.07, 6.45) is 4.38. The fourth-order valence-electron chi connectivity index (χ4n) is 2.12. The van der Waals surface area contributed by atoms with E-state index in [0.717, 1.165) is 17.8 Å². The van der Waals surface area contributed by atoms with E-state index in [-0.39, 0.29) is 0 Å². The van der Waals surface area contributed by atoms with Gasteiger partial charge in [0.2, 0.25) is 0 Å². The number of aromatic nitrogens is 3. The number of thiophene rings is 1. The van der Waals surface area contributed by atoms with Crippen LogP contribution in [0.5, 0.6) is 0 Å². The highest BCUT2D eigenvalue weighted by molar-refractivity contribution is 7.09. The van der Waals surface area contributed by atoms with Crippen molar-refractivity contribution >= 4 is 28.3 Å². The van der Waals surface area contributed by atoms with Crippen molar-refractivity contribution in [3.8, 4) is 0 Å². The summed E-state index contributed by atoms with van der Waals surface area (Å²) < 4.78 is 0. The molecule has 0 spiro atoms. The zero-order valence-corrected chi connectivity index (χ0v) is 12.3. The summed E-state index contributed by atoms with van der Waals surface area (Å²) in [5.74, 6) is 0.932. The Balaban J connectivity index is 1.82. The molecule has 4 nitrogen and oxygen atoms in total. The van der Waals surface area contributed by atoms with Crippen molar-refractivity contribution in [2.75, 3.05) is 11.9 Å². The minimum absolute atomic E-state index is 0.385. The normalized spacial score (nSPS) is 12.5. The van der Waals surface area contributed by atoms with Crippen molar-refractivity contribution in [3.05, 3.63) is 46.9 Å². The Kier molecular flexibility index (Phi) is 3.60. The van der Waals surface area contributed by atoms with Crippen LogP contribution in [0.25, 0.3) is 11.2 Å². The topological polar surface area (TPSA) is 41.9 Å². The van der Waals surface area contributed by atoms with Gasteiger partial charge in [0, 0.05) is 36.8 Å². The van der Waals surface area contributed by atoms with Crippen molar-refractivity contribution in [1.82, 2.24) is 15.0 Å². The fraction of sp³-hybridized carbons (Fsp3) is 0.267. The molecule has 3 rings (SSSR count). The molecule has 3 aromatic rings. The molecule has 0 aliphatic heterocycles. The van der Waals surface area contributed by atoms with Gasteiger partial charge in [0.25, 0.3) is 0 Å². The Hall–Kier alpha value is -2.01. The number of fused-ring (bicyclic) bond motifs is 1. The quantitative estimate of drug-likeness (QED) is 0.738. The molecule has 0 saturated heterocycles. The zero-order chi connectivity index (χ0) is 13.9. The van der Waals surface area contributed by atoms with E-state index < -0.39 is 0 Å². The molecule has 0 bridgehead atoms. The van der Waals surface area contributed by atoms with E-state index in [0.29, 0.717) is 11.7 Å². The van der Waals surface area contributed by atoms with E-state index in [1.54, 1.807) is 23.7 Å². The molecule has 5 heteroatoms. The molecular weight excluding hydrogens is 268 g/mol. The Morgan fingerprint density at radius 2 is 2.05 bits per heavy atom. The predicted molar refractivity (Wildman–Crippen MR) is 83.2 cm³/mol. The molecule has 3 heterocycles. The SMILES string of the molecule is CC(Cc1cccs1)N(C)c1ccc2nccnc2n1. The Morgan fingerprint density at radius 1 is 1.20 bits per heavy atom. The first kappa shape index (κ1) is 13.0. The lowest BCUT2D eigenvalue weighted by atomic mass is 10.2. The molecule has 1 atom stereocenters. The van der Waals surface area contributed by atoms with Crippen LogP contribution in [0, 0.1) is 0 Å². The first-order valence-corrected chi connectivity index (χ1v) is 7.45. The smallest absolute Gasteiger partial charge is 0.180 e. The van der Waals surface area contributed by atoms with E-state index >= 15 is 0 Å². The van der Waals surface area contributed by atoms with Gasteiger partial charge in [0.05, 0.1) is 0 Å². The summed E-state index contributed by atoms with van der Waals surface area (Å²) in [4.78, 5) is 16.7. The molecule has 0 saturated carbocycles. The summed E-state index contributed by atoms with van der Waals surface area (Å²) in [7, 11) is 2.07. The average molecular weight is 284 g/mol. The molecule has 1 unspecified atom stereocenters. The van der Waals surface area contributed by atoms with Crippen molar-refractivity contribution in [1.29, 1.82) is 0 Å². The molecule has 20 heavy (non-hydrogen) atoms. The second-order valence-corrected chi connectivity index (χ2v) is 5.84. The molecule has 102 valence electrons. The molecule has 0 fully saturated rings. The third-order valence-corrected chi connectivity index (χ3v) is 4.31. The van der Waals surface area contributed by atoms with Gasteiger partial charge in [0.1, 0.15) is 11.3 Å². The van der Waals surface area contributed by atoms with Gasteiger partial charge in [0.15, 0.2) is 5.65 Å². The van der Waals surface area contributed by atoms with Gasteiger partial charge in [-0.1, -0.05) is 6.07 Å². The molecule has 0 radical (unpaired) electrons. The fourth-order valence-corrected chi connectivity index (χ4v) is 2.95. The average Bonchev–Trinajstić information content (AvgIpc) is 2.99. The third kappa shape index (κ3) is 2.63. The predicted octanol–water partition coefficient (Wildman–Crippen LogP) is 3.15. The number of likely N-dealkylation sites (N-methyl/N-ethyl adjacent to an activating group) is 1. The maximum atomic E-state index is 4.58. The second kappa shape index (κ2) is 5.54. The zero-order valence-electron chi connectivity index (χ0n) is 11.5. The second-order valence-electron chi connectivity index (χ2n) is 4.81. The van der Waals surface area contributed by atoms with Crippen LogP contribution in [0.1, 0.15) is 11.8 Å². The van der Waals surface area contributed by atoms with Crippen LogP contribution in [0.15, 0.2) is 42.0 Å². The maximum absolute atomic E-state index is 4.58. The van der Waals surface area contributed by atoms with Crippen molar-refractivity contribution in [2.24, 2.45) is 0 Å². The van der Waals surface area contributed by atoms with Crippen molar-refractivity contribution < 1.29 is 0 Å². The maximum Gasteiger partial charge on any atom is 0.180 e. The van der Waals surface area contributed by atoms with Crippen LogP contribution in [-0.2, 0) is 6.42 Å². The lowest BCUT2D eigenvalue weighted by Gasteiger charge is -2.25. The summed E-state index contributed by atoms with van der Waals surface area (Å²) >= 11 is 1.80. The van der Waals surface area contributed by atoms with Crippen LogP contribution in [0.4, 0.5) is 5.82 Å². The minimum Gasteiger partial charge on any atom is -0.357 e. The Bertz CT molecular complexity index is 696. The first-order valence-electron chi connectivity index (χ1n) is 6.57. The summed E-state index contributed by atoms with van der Waals surface area (Å²) in [6.45, 7) is 2.21. The van der Waals surface area contributed by atoms with Gasteiger partial charge in [-0.2, -0.15) is 0 Å². The first-order chi connectivity index (χ1) is 9.74. The number of hydrogen-bond donors (Lipinski definition) is 0. The lowest BCUT2D eigenvalue weighted by molar-refractivity contribution is 0.681. The molecule has 0 N–H and O–H groups in total. The van der Waals surface area contributed by atoms with Crippen LogP contribution < -0.4 is 4.90 Å². The molecule has 0 aliphatic carbocycles. The highest BCUT2D eigenvalue weighted by Crippen LogP contribution is 2.19. The van der Waals surface area contributed by atoms with Crippen molar-refractivity contribution in [2.45, 2.75) is 19.4 Å². The van der Waals surface area contributed by atoms with Gasteiger partial charge < -0.3 is 4.90 Å². The Labute approximate surface area is 122 Å². The van der Waals surface area contributed by atoms with E-state index in [1.165, 1.54) is 4.88 Å². The molecule has 0 aromatic carbocycles. The molecule has 0 aliphatic rings. The highest BCUT2D eigenvalue weighted by atomic mass is 32.1. The van der Waals surface area contributed by atoms with Gasteiger partial charge in [-0.25, -0.2) is 9.97 Å².